The normalized spacial score (nSPS) is 11.8. The van der Waals surface area contributed by atoms with Crippen LogP contribution in [0.5, 0.6) is 0 Å². The van der Waals surface area contributed by atoms with Crippen LogP contribution in [0.25, 0.3) is 92.2 Å². The maximum absolute atomic E-state index is 6.72. The molecule has 2 nitrogen and oxygen atoms in total. The van der Waals surface area contributed by atoms with Crippen LogP contribution < -0.4 is 0 Å². The average molecular weight is 618 g/mol. The minimum absolute atomic E-state index is 0.924. The van der Waals surface area contributed by atoms with Gasteiger partial charge in [0.2, 0.25) is 0 Å². The summed E-state index contributed by atoms with van der Waals surface area (Å²) in [6.45, 7) is 0. The van der Waals surface area contributed by atoms with Crippen LogP contribution in [0.15, 0.2) is 168 Å². The molecule has 0 saturated carbocycles. The molecule has 0 spiro atoms. The van der Waals surface area contributed by atoms with Crippen molar-refractivity contribution < 1.29 is 4.42 Å². The van der Waals surface area contributed by atoms with E-state index >= 15 is 0 Å². The summed E-state index contributed by atoms with van der Waals surface area (Å²) in [5.74, 6) is 0. The van der Waals surface area contributed by atoms with Crippen LogP contribution in [-0.4, -0.2) is 4.57 Å². The first-order valence-electron chi connectivity index (χ1n) is 15.9. The second kappa shape index (κ2) is 10.3. The molecule has 0 bridgehead atoms. The molecule has 0 aliphatic heterocycles. The molecule has 7 aromatic carbocycles. The van der Waals surface area contributed by atoms with Gasteiger partial charge in [-0.05, 0) is 46.5 Å². The number of hydrogen-bond acceptors (Lipinski definition) is 2. The summed E-state index contributed by atoms with van der Waals surface area (Å²) in [5.41, 5.74) is 12.5. The second-order valence-corrected chi connectivity index (χ2v) is 13.1. The molecule has 0 unspecified atom stereocenters. The standard InChI is InChI=1S/C44H27NOS/c1-3-12-28(13-4-1)33-18-9-20-35-36-21-10-19-34(43(36)46-42(33)35)30-26-24-29(25-27-30)32-17-11-23-39-40(32)41-44(47-39)37-16-7-8-22-38(37)45(41)31-14-5-2-6-15-31/h1-27H. The van der Waals surface area contributed by atoms with E-state index in [-0.39, 0.29) is 0 Å². The highest BCUT2D eigenvalue weighted by molar-refractivity contribution is 7.26. The summed E-state index contributed by atoms with van der Waals surface area (Å²) in [6.07, 6.45) is 0. The Kier molecular flexibility index (Phi) is 5.78. The molecule has 0 radical (unpaired) electrons. The Balaban J connectivity index is 1.14. The molecular weight excluding hydrogens is 591 g/mol. The third-order valence-corrected chi connectivity index (χ3v) is 10.6. The number of para-hydroxylation sites is 4. The van der Waals surface area contributed by atoms with E-state index in [1.807, 2.05) is 11.3 Å². The third kappa shape index (κ3) is 3.97. The van der Waals surface area contributed by atoms with Crippen molar-refractivity contribution in [2.75, 3.05) is 0 Å². The van der Waals surface area contributed by atoms with Crippen LogP contribution in [-0.2, 0) is 0 Å². The minimum atomic E-state index is 0.924. The van der Waals surface area contributed by atoms with Gasteiger partial charge in [-0.3, -0.25) is 0 Å². The lowest BCUT2D eigenvalue weighted by molar-refractivity contribution is 0.671. The first kappa shape index (κ1) is 26.3. The number of nitrogens with zero attached hydrogens (tertiary/aromatic N) is 1. The zero-order chi connectivity index (χ0) is 30.9. The molecule has 10 aromatic rings. The van der Waals surface area contributed by atoms with Crippen molar-refractivity contribution in [2.45, 2.75) is 0 Å². The van der Waals surface area contributed by atoms with E-state index in [1.54, 1.807) is 0 Å². The van der Waals surface area contributed by atoms with Gasteiger partial charge in [0, 0.05) is 43.1 Å². The summed E-state index contributed by atoms with van der Waals surface area (Å²) in [7, 11) is 0. The molecule has 0 fully saturated rings. The maximum Gasteiger partial charge on any atom is 0.143 e. The summed E-state index contributed by atoms with van der Waals surface area (Å²) >= 11 is 1.89. The van der Waals surface area contributed by atoms with Gasteiger partial charge in [-0.2, -0.15) is 0 Å². The van der Waals surface area contributed by atoms with Gasteiger partial charge < -0.3 is 8.98 Å². The average Bonchev–Trinajstić information content (AvgIpc) is 3.81. The van der Waals surface area contributed by atoms with Crippen molar-refractivity contribution in [3.63, 3.8) is 0 Å². The molecule has 0 amide bonds. The van der Waals surface area contributed by atoms with Gasteiger partial charge in [0.15, 0.2) is 0 Å². The molecule has 0 aliphatic carbocycles. The van der Waals surface area contributed by atoms with E-state index in [9.17, 15) is 0 Å². The quantitative estimate of drug-likeness (QED) is 0.192. The number of hydrogen-bond donors (Lipinski definition) is 0. The highest BCUT2D eigenvalue weighted by Crippen LogP contribution is 2.46. The van der Waals surface area contributed by atoms with Crippen molar-refractivity contribution in [1.29, 1.82) is 0 Å². The molecular formula is C44H27NOS. The van der Waals surface area contributed by atoms with Crippen molar-refractivity contribution in [3.8, 4) is 39.1 Å². The molecule has 0 aliphatic rings. The maximum atomic E-state index is 6.72. The Bertz CT molecular complexity index is 2770. The predicted octanol–water partition coefficient (Wildman–Crippen LogP) is 12.9. The fourth-order valence-corrected chi connectivity index (χ4v) is 8.56. The summed E-state index contributed by atoms with van der Waals surface area (Å²) in [5, 5.41) is 4.87. The van der Waals surface area contributed by atoms with E-state index in [2.05, 4.69) is 168 Å². The first-order chi connectivity index (χ1) is 23.3. The Morgan fingerprint density at radius 1 is 0.426 bits per heavy atom. The molecule has 0 N–H and O–H groups in total. The van der Waals surface area contributed by atoms with Gasteiger partial charge in [0.05, 0.1) is 15.7 Å². The lowest BCUT2D eigenvalue weighted by Crippen LogP contribution is -1.93. The number of furan rings is 1. The predicted molar refractivity (Wildman–Crippen MR) is 200 cm³/mol. The van der Waals surface area contributed by atoms with E-state index in [0.717, 1.165) is 44.2 Å². The van der Waals surface area contributed by atoms with E-state index in [0.29, 0.717) is 0 Å². The Morgan fingerprint density at radius 3 is 1.66 bits per heavy atom. The van der Waals surface area contributed by atoms with Crippen LogP contribution in [0.1, 0.15) is 0 Å². The van der Waals surface area contributed by atoms with Crippen molar-refractivity contribution >= 4 is 64.5 Å². The van der Waals surface area contributed by atoms with E-state index < -0.39 is 0 Å². The van der Waals surface area contributed by atoms with E-state index in [1.165, 1.54) is 48.0 Å². The summed E-state index contributed by atoms with van der Waals surface area (Å²) in [4.78, 5) is 0. The van der Waals surface area contributed by atoms with E-state index in [4.69, 9.17) is 4.42 Å². The largest absolute Gasteiger partial charge is 0.455 e. The van der Waals surface area contributed by atoms with Crippen LogP contribution in [0.4, 0.5) is 0 Å². The SMILES string of the molecule is c1ccc(-c2cccc3c2oc2c(-c4ccc(-c5cccc6sc7c8ccccc8n(-c8ccccc8)c7c56)cc4)cccc23)cc1. The topological polar surface area (TPSA) is 18.1 Å². The molecule has 220 valence electrons. The number of fused-ring (bicyclic) bond motifs is 8. The summed E-state index contributed by atoms with van der Waals surface area (Å²) in [6, 6.07) is 58.6. The monoisotopic (exact) mass is 617 g/mol. The fraction of sp³-hybridized carbons (Fsp3) is 0. The van der Waals surface area contributed by atoms with Gasteiger partial charge in [-0.25, -0.2) is 0 Å². The van der Waals surface area contributed by atoms with Gasteiger partial charge in [0.25, 0.3) is 0 Å². The fourth-order valence-electron chi connectivity index (χ4n) is 7.32. The van der Waals surface area contributed by atoms with Crippen LogP contribution >= 0.6 is 11.3 Å². The van der Waals surface area contributed by atoms with Gasteiger partial charge in [-0.1, -0.05) is 140 Å². The van der Waals surface area contributed by atoms with Crippen LogP contribution in [0, 0.1) is 0 Å². The van der Waals surface area contributed by atoms with Gasteiger partial charge in [-0.15, -0.1) is 11.3 Å². The minimum Gasteiger partial charge on any atom is -0.455 e. The third-order valence-electron chi connectivity index (χ3n) is 9.43. The van der Waals surface area contributed by atoms with Gasteiger partial charge in [0.1, 0.15) is 11.2 Å². The number of aromatic nitrogens is 1. The summed E-state index contributed by atoms with van der Waals surface area (Å²) < 4.78 is 11.8. The number of rotatable bonds is 4. The van der Waals surface area contributed by atoms with Gasteiger partial charge >= 0.3 is 0 Å². The Labute approximate surface area is 275 Å². The molecule has 47 heavy (non-hydrogen) atoms. The number of benzene rings is 7. The zero-order valence-electron chi connectivity index (χ0n) is 25.4. The molecule has 3 heteroatoms. The molecule has 0 saturated heterocycles. The zero-order valence-corrected chi connectivity index (χ0v) is 26.2. The second-order valence-electron chi connectivity index (χ2n) is 12.1. The molecule has 3 heterocycles. The first-order valence-corrected chi connectivity index (χ1v) is 16.8. The van der Waals surface area contributed by atoms with Crippen LogP contribution in [0.2, 0.25) is 0 Å². The number of thiophene rings is 1. The van der Waals surface area contributed by atoms with Crippen molar-refractivity contribution in [3.05, 3.63) is 164 Å². The van der Waals surface area contributed by atoms with Crippen LogP contribution in [0.3, 0.4) is 0 Å². The Morgan fingerprint density at radius 2 is 0.957 bits per heavy atom. The lowest BCUT2D eigenvalue weighted by atomic mass is 9.97. The highest BCUT2D eigenvalue weighted by Gasteiger charge is 2.20. The Hall–Kier alpha value is -5.90. The molecule has 0 atom stereocenters. The lowest BCUT2D eigenvalue weighted by Gasteiger charge is -2.11. The van der Waals surface area contributed by atoms with Crippen molar-refractivity contribution in [1.82, 2.24) is 4.57 Å². The smallest absolute Gasteiger partial charge is 0.143 e. The highest BCUT2D eigenvalue weighted by atomic mass is 32.1. The van der Waals surface area contributed by atoms with Crippen molar-refractivity contribution in [2.24, 2.45) is 0 Å². The molecule has 10 rings (SSSR count). The molecule has 3 aromatic heterocycles.